The smallest absolute Gasteiger partial charge is 0.270 e. The van der Waals surface area contributed by atoms with Crippen molar-refractivity contribution >= 4 is 34.9 Å². The van der Waals surface area contributed by atoms with E-state index in [-0.39, 0.29) is 28.2 Å². The van der Waals surface area contributed by atoms with E-state index in [2.05, 4.69) is 9.69 Å². The predicted octanol–water partition coefficient (Wildman–Crippen LogP) is 3.58. The van der Waals surface area contributed by atoms with Crippen molar-refractivity contribution in [1.82, 2.24) is 14.6 Å². The molecule has 3 aromatic rings. The highest BCUT2D eigenvalue weighted by molar-refractivity contribution is 7.09. The molecule has 1 aliphatic rings. The number of rotatable bonds is 8. The van der Waals surface area contributed by atoms with Gasteiger partial charge in [0.1, 0.15) is 10.9 Å². The molecule has 1 aromatic heterocycles. The van der Waals surface area contributed by atoms with Crippen molar-refractivity contribution in [2.45, 2.75) is 51.2 Å². The van der Waals surface area contributed by atoms with Gasteiger partial charge in [-0.3, -0.25) is 14.4 Å². The molecule has 2 aromatic carbocycles. The number of aromatic nitrogens is 1. The largest absolute Gasteiger partial charge is 0.395 e. The lowest BCUT2D eigenvalue weighted by Crippen LogP contribution is -2.48. The van der Waals surface area contributed by atoms with E-state index in [9.17, 15) is 14.4 Å². The van der Waals surface area contributed by atoms with Crippen molar-refractivity contribution < 1.29 is 14.4 Å². The zero-order chi connectivity index (χ0) is 24.9. The Kier molecular flexibility index (Phi) is 7.45. The van der Waals surface area contributed by atoms with E-state index in [4.69, 9.17) is 11.5 Å². The second-order valence-electron chi connectivity index (χ2n) is 8.81. The van der Waals surface area contributed by atoms with Gasteiger partial charge in [0.25, 0.3) is 11.8 Å². The molecule has 1 atom stereocenters. The zero-order valence-electron chi connectivity index (χ0n) is 19.6. The van der Waals surface area contributed by atoms with Crippen LogP contribution in [0.2, 0.25) is 0 Å². The normalized spacial score (nSPS) is 14.4. The fraction of sp³-hybridized carbons (Fsp3) is 0.308. The fourth-order valence-electron chi connectivity index (χ4n) is 4.49. The number of anilines is 1. The van der Waals surface area contributed by atoms with Crippen molar-refractivity contribution in [3.8, 4) is 0 Å². The van der Waals surface area contributed by atoms with E-state index in [1.807, 2.05) is 61.5 Å². The number of benzene rings is 2. The molecule has 3 amide bonds. The van der Waals surface area contributed by atoms with Crippen LogP contribution < -0.4 is 16.8 Å². The van der Waals surface area contributed by atoms with Crippen molar-refractivity contribution in [1.29, 1.82) is 0 Å². The highest BCUT2D eigenvalue weighted by Gasteiger charge is 2.39. The van der Waals surface area contributed by atoms with E-state index in [1.54, 1.807) is 4.90 Å². The Bertz CT molecular complexity index is 1200. The number of nitrogens with one attached hydrogen (secondary N) is 1. The van der Waals surface area contributed by atoms with Crippen molar-refractivity contribution in [2.24, 2.45) is 5.73 Å². The average Bonchev–Trinajstić information content (AvgIpc) is 3.52. The topological polar surface area (TPSA) is 131 Å². The van der Waals surface area contributed by atoms with Gasteiger partial charge < -0.3 is 21.7 Å². The molecule has 8 nitrogen and oxygen atoms in total. The molecule has 4 rings (SSSR count). The summed E-state index contributed by atoms with van der Waals surface area (Å²) in [5, 5.41) is 3.01. The number of nitrogens with two attached hydrogens (primary N) is 2. The number of hydrogen-bond donors (Lipinski definition) is 3. The quantitative estimate of drug-likeness (QED) is 0.443. The molecule has 0 spiro atoms. The Hall–Kier alpha value is -3.72. The summed E-state index contributed by atoms with van der Waals surface area (Å²) in [5.41, 5.74) is 14.0. The third-order valence-electron chi connectivity index (χ3n) is 6.34. The number of nitrogen functional groups attached to an aromatic ring is 1. The van der Waals surface area contributed by atoms with Crippen molar-refractivity contribution in [3.63, 3.8) is 0 Å². The highest BCUT2D eigenvalue weighted by atomic mass is 32.1. The maximum Gasteiger partial charge on any atom is 0.270 e. The van der Waals surface area contributed by atoms with Crippen LogP contribution in [0.5, 0.6) is 0 Å². The summed E-state index contributed by atoms with van der Waals surface area (Å²) in [6, 6.07) is 16.2. The van der Waals surface area contributed by atoms with E-state index in [0.717, 1.165) is 48.3 Å². The minimum absolute atomic E-state index is 0.0390. The Labute approximate surface area is 208 Å². The lowest BCUT2D eigenvalue weighted by Gasteiger charge is -2.36. The van der Waals surface area contributed by atoms with Gasteiger partial charge in [-0.05, 0) is 42.4 Å². The first-order valence-electron chi connectivity index (χ1n) is 11.6. The van der Waals surface area contributed by atoms with Gasteiger partial charge in [-0.25, -0.2) is 0 Å². The second-order valence-corrected chi connectivity index (χ2v) is 9.58. The standard InChI is InChI=1S/C26H29N5O3S/c1-16-11-13-18(14-12-16)22(25(33)29-15-17-7-3-2-4-8-17)31(19-9-5-6-10-19)26(34)23-20(27)21(24(28)32)30-35-23/h2-4,7-8,11-14,19,22H,5-6,9-10,15,27H2,1H3,(H2,28,32)(H,29,33). The third-order valence-corrected chi connectivity index (χ3v) is 7.19. The number of carbonyl (C=O) groups is 3. The van der Waals surface area contributed by atoms with Crippen LogP contribution in [0.1, 0.15) is 68.6 Å². The predicted molar refractivity (Wildman–Crippen MR) is 136 cm³/mol. The van der Waals surface area contributed by atoms with E-state index in [0.29, 0.717) is 12.1 Å². The van der Waals surface area contributed by atoms with Crippen LogP contribution >= 0.6 is 11.5 Å². The molecule has 5 N–H and O–H groups in total. The van der Waals surface area contributed by atoms with Crippen LogP contribution in [0.25, 0.3) is 0 Å². The van der Waals surface area contributed by atoms with Gasteiger partial charge in [0.05, 0.1) is 5.69 Å². The zero-order valence-corrected chi connectivity index (χ0v) is 20.4. The van der Waals surface area contributed by atoms with Crippen molar-refractivity contribution in [3.05, 3.63) is 81.9 Å². The number of hydrogen-bond acceptors (Lipinski definition) is 6. The molecule has 182 valence electrons. The first-order chi connectivity index (χ1) is 16.9. The van der Waals surface area contributed by atoms with Gasteiger partial charge in [-0.15, -0.1) is 0 Å². The third kappa shape index (κ3) is 5.35. The number of amides is 3. The molecular formula is C26H29N5O3S. The molecule has 1 aliphatic carbocycles. The molecular weight excluding hydrogens is 462 g/mol. The number of primary amides is 1. The van der Waals surface area contributed by atoms with Gasteiger partial charge in [-0.2, -0.15) is 4.37 Å². The summed E-state index contributed by atoms with van der Waals surface area (Å²) in [7, 11) is 0. The summed E-state index contributed by atoms with van der Waals surface area (Å²) >= 11 is 0.838. The van der Waals surface area contributed by atoms with E-state index >= 15 is 0 Å². The number of nitrogens with zero attached hydrogens (tertiary/aromatic N) is 2. The first-order valence-corrected chi connectivity index (χ1v) is 12.4. The summed E-state index contributed by atoms with van der Waals surface area (Å²) in [4.78, 5) is 41.1. The SMILES string of the molecule is Cc1ccc(C(C(=O)NCc2ccccc2)N(C(=O)c2snc(C(N)=O)c2N)C2CCCC2)cc1. The molecule has 9 heteroatoms. The van der Waals surface area contributed by atoms with Crippen LogP contribution in [0.15, 0.2) is 54.6 Å². The minimum atomic E-state index is -0.867. The van der Waals surface area contributed by atoms with Crippen LogP contribution in [0, 0.1) is 6.92 Å². The van der Waals surface area contributed by atoms with Gasteiger partial charge >= 0.3 is 0 Å². The van der Waals surface area contributed by atoms with Gasteiger partial charge in [0.2, 0.25) is 5.91 Å². The van der Waals surface area contributed by atoms with E-state index in [1.165, 1.54) is 0 Å². The van der Waals surface area contributed by atoms with Gasteiger partial charge in [-0.1, -0.05) is 73.0 Å². The molecule has 0 radical (unpaired) electrons. The summed E-state index contributed by atoms with van der Waals surface area (Å²) in [6.45, 7) is 2.31. The Morgan fingerprint density at radius 2 is 1.74 bits per heavy atom. The van der Waals surface area contributed by atoms with Crippen LogP contribution in [-0.2, 0) is 11.3 Å². The minimum Gasteiger partial charge on any atom is -0.395 e. The van der Waals surface area contributed by atoms with Crippen LogP contribution in [0.3, 0.4) is 0 Å². The average molecular weight is 492 g/mol. The lowest BCUT2D eigenvalue weighted by atomic mass is 9.99. The molecule has 1 saturated carbocycles. The Morgan fingerprint density at radius 1 is 1.09 bits per heavy atom. The molecule has 35 heavy (non-hydrogen) atoms. The number of carbonyl (C=O) groups excluding carboxylic acids is 3. The Balaban J connectivity index is 1.74. The molecule has 0 saturated heterocycles. The molecule has 1 unspecified atom stereocenters. The lowest BCUT2D eigenvalue weighted by molar-refractivity contribution is -0.126. The summed E-state index contributed by atoms with van der Waals surface area (Å²) in [6.07, 6.45) is 3.49. The fourth-order valence-corrected chi connectivity index (χ4v) is 5.24. The van der Waals surface area contributed by atoms with Crippen LogP contribution in [0.4, 0.5) is 5.69 Å². The summed E-state index contributed by atoms with van der Waals surface area (Å²) in [5.74, 6) is -1.49. The monoisotopic (exact) mass is 491 g/mol. The maximum absolute atomic E-state index is 13.9. The molecule has 1 fully saturated rings. The molecule has 0 aliphatic heterocycles. The summed E-state index contributed by atoms with van der Waals surface area (Å²) < 4.78 is 4.00. The molecule has 0 bridgehead atoms. The van der Waals surface area contributed by atoms with E-state index < -0.39 is 17.9 Å². The van der Waals surface area contributed by atoms with Crippen molar-refractivity contribution in [2.75, 3.05) is 5.73 Å². The molecule has 1 heterocycles. The van der Waals surface area contributed by atoms with Gasteiger partial charge in [0.15, 0.2) is 5.69 Å². The van der Waals surface area contributed by atoms with Crippen LogP contribution in [-0.4, -0.2) is 33.0 Å². The second kappa shape index (κ2) is 10.7. The van der Waals surface area contributed by atoms with Gasteiger partial charge in [0, 0.05) is 12.6 Å². The highest BCUT2D eigenvalue weighted by Crippen LogP contribution is 2.35. The number of aryl methyl sites for hydroxylation is 1. The first kappa shape index (κ1) is 24.4. The Morgan fingerprint density at radius 3 is 2.34 bits per heavy atom. The maximum atomic E-state index is 13.9.